The van der Waals surface area contributed by atoms with Gasteiger partial charge in [-0.3, -0.25) is 0 Å². The molecule has 0 bridgehead atoms. The molecule has 3 heteroatoms. The van der Waals surface area contributed by atoms with Gasteiger partial charge in [-0.05, 0) is 31.9 Å². The van der Waals surface area contributed by atoms with Crippen molar-refractivity contribution < 1.29 is 9.90 Å². The first-order chi connectivity index (χ1) is 7.11. The molecule has 0 aliphatic rings. The first-order valence-corrected chi connectivity index (χ1v) is 5.15. The summed E-state index contributed by atoms with van der Waals surface area (Å²) in [4.78, 5) is 11.0. The summed E-state index contributed by atoms with van der Waals surface area (Å²) in [5.74, 6) is -0.859. The van der Waals surface area contributed by atoms with Crippen LogP contribution in [0.4, 0.5) is 0 Å². The third-order valence-electron chi connectivity index (χ3n) is 2.60. The molecular weight excluding hydrogens is 190 g/mol. The van der Waals surface area contributed by atoms with Crippen molar-refractivity contribution in [3.63, 3.8) is 0 Å². The molecule has 0 aromatic carbocycles. The quantitative estimate of drug-likeness (QED) is 0.771. The fraction of sp³-hybridized carbons (Fsp3) is 0.417. The molecule has 0 aliphatic carbocycles. The van der Waals surface area contributed by atoms with E-state index in [0.29, 0.717) is 12.2 Å². The first-order valence-electron chi connectivity index (χ1n) is 5.15. The zero-order valence-electron chi connectivity index (χ0n) is 9.45. The number of carbonyl (C=O) groups is 1. The van der Waals surface area contributed by atoms with Crippen molar-refractivity contribution in [3.05, 3.63) is 35.2 Å². The minimum absolute atomic E-state index is 0.377. The normalized spacial score (nSPS) is 11.1. The van der Waals surface area contributed by atoms with E-state index < -0.39 is 5.97 Å². The maximum absolute atomic E-state index is 11.0. The largest absolute Gasteiger partial charge is 0.477 e. The van der Waals surface area contributed by atoms with E-state index in [1.165, 1.54) is 0 Å². The van der Waals surface area contributed by atoms with Crippen LogP contribution in [0.5, 0.6) is 0 Å². The molecule has 0 spiro atoms. The van der Waals surface area contributed by atoms with Crippen LogP contribution >= 0.6 is 0 Å². The van der Waals surface area contributed by atoms with Gasteiger partial charge in [-0.2, -0.15) is 0 Å². The second-order valence-corrected chi connectivity index (χ2v) is 3.48. The number of hydrogen-bond donors (Lipinski definition) is 1. The van der Waals surface area contributed by atoms with Crippen molar-refractivity contribution in [2.24, 2.45) is 0 Å². The molecule has 1 heterocycles. The van der Waals surface area contributed by atoms with Crippen molar-refractivity contribution in [1.29, 1.82) is 0 Å². The number of aromatic nitrogens is 1. The van der Waals surface area contributed by atoms with Gasteiger partial charge in [-0.15, -0.1) is 0 Å². The molecule has 15 heavy (non-hydrogen) atoms. The smallest absolute Gasteiger partial charge is 0.352 e. The molecule has 0 saturated carbocycles. The van der Waals surface area contributed by atoms with Gasteiger partial charge in [0.05, 0.1) is 0 Å². The van der Waals surface area contributed by atoms with E-state index in [9.17, 15) is 4.79 Å². The Bertz CT molecular complexity index is 389. The summed E-state index contributed by atoms with van der Waals surface area (Å²) in [5.41, 5.74) is 2.53. The highest BCUT2D eigenvalue weighted by atomic mass is 16.4. The number of carboxylic acid groups (broad SMARTS) is 1. The van der Waals surface area contributed by atoms with Crippen LogP contribution in [0.1, 0.15) is 35.6 Å². The standard InChI is InChI=1S/C12H17NO2/c1-4-6-7-13-9(3)10(5-2)8-11(13)12(14)15/h4,6,8H,5,7H2,1-3H3,(H,14,15)/b6-4+. The maximum Gasteiger partial charge on any atom is 0.352 e. The van der Waals surface area contributed by atoms with Gasteiger partial charge in [0, 0.05) is 12.2 Å². The van der Waals surface area contributed by atoms with Crippen LogP contribution in [-0.4, -0.2) is 15.6 Å². The summed E-state index contributed by atoms with van der Waals surface area (Å²) < 4.78 is 1.83. The molecule has 1 aromatic rings. The summed E-state index contributed by atoms with van der Waals surface area (Å²) in [6.07, 6.45) is 4.75. The highest BCUT2D eigenvalue weighted by molar-refractivity contribution is 5.86. The van der Waals surface area contributed by atoms with Crippen LogP contribution in [-0.2, 0) is 13.0 Å². The molecular formula is C12H17NO2. The lowest BCUT2D eigenvalue weighted by atomic mass is 10.2. The van der Waals surface area contributed by atoms with Gasteiger partial charge < -0.3 is 9.67 Å². The molecule has 0 aliphatic heterocycles. The number of aromatic carboxylic acids is 1. The first kappa shape index (κ1) is 11.6. The van der Waals surface area contributed by atoms with Crippen LogP contribution in [0.2, 0.25) is 0 Å². The van der Waals surface area contributed by atoms with E-state index in [1.807, 2.05) is 37.5 Å². The molecule has 1 N–H and O–H groups in total. The number of aryl methyl sites for hydroxylation is 1. The lowest BCUT2D eigenvalue weighted by molar-refractivity contribution is 0.0685. The topological polar surface area (TPSA) is 42.2 Å². The maximum atomic E-state index is 11.0. The molecule has 0 atom stereocenters. The van der Waals surface area contributed by atoms with Crippen LogP contribution < -0.4 is 0 Å². The van der Waals surface area contributed by atoms with E-state index >= 15 is 0 Å². The lowest BCUT2D eigenvalue weighted by Crippen LogP contribution is -2.08. The summed E-state index contributed by atoms with van der Waals surface area (Å²) in [7, 11) is 0. The zero-order chi connectivity index (χ0) is 11.4. The molecule has 1 aromatic heterocycles. The molecule has 0 radical (unpaired) electrons. The summed E-state index contributed by atoms with van der Waals surface area (Å²) in [6.45, 7) is 6.56. The Balaban J connectivity index is 3.19. The van der Waals surface area contributed by atoms with Crippen LogP contribution in [0.3, 0.4) is 0 Å². The van der Waals surface area contributed by atoms with Crippen LogP contribution in [0, 0.1) is 6.92 Å². The number of carboxylic acids is 1. The highest BCUT2D eigenvalue weighted by Crippen LogP contribution is 2.16. The highest BCUT2D eigenvalue weighted by Gasteiger charge is 2.14. The van der Waals surface area contributed by atoms with Gasteiger partial charge >= 0.3 is 5.97 Å². The minimum atomic E-state index is -0.859. The Kier molecular flexibility index (Phi) is 3.72. The summed E-state index contributed by atoms with van der Waals surface area (Å²) in [6, 6.07) is 1.77. The molecule has 1 rings (SSSR count). The van der Waals surface area contributed by atoms with Gasteiger partial charge in [-0.1, -0.05) is 19.1 Å². The lowest BCUT2D eigenvalue weighted by Gasteiger charge is -2.06. The van der Waals surface area contributed by atoms with E-state index in [-0.39, 0.29) is 0 Å². The second kappa shape index (κ2) is 4.82. The van der Waals surface area contributed by atoms with E-state index in [0.717, 1.165) is 17.7 Å². The molecule has 82 valence electrons. The Morgan fingerprint density at radius 1 is 1.60 bits per heavy atom. The second-order valence-electron chi connectivity index (χ2n) is 3.48. The number of rotatable bonds is 4. The molecule has 0 amide bonds. The fourth-order valence-corrected chi connectivity index (χ4v) is 1.68. The molecule has 0 fully saturated rings. The van der Waals surface area contributed by atoms with Crippen LogP contribution in [0.25, 0.3) is 0 Å². The van der Waals surface area contributed by atoms with Gasteiger partial charge in [-0.25, -0.2) is 4.79 Å². The predicted molar refractivity (Wildman–Crippen MR) is 60.3 cm³/mol. The van der Waals surface area contributed by atoms with Crippen molar-refractivity contribution >= 4 is 5.97 Å². The monoisotopic (exact) mass is 207 g/mol. The Labute approximate surface area is 90.0 Å². The number of nitrogens with zero attached hydrogens (tertiary/aromatic N) is 1. The van der Waals surface area contributed by atoms with E-state index in [1.54, 1.807) is 6.07 Å². The summed E-state index contributed by atoms with van der Waals surface area (Å²) >= 11 is 0. The molecule has 0 unspecified atom stereocenters. The number of hydrogen-bond acceptors (Lipinski definition) is 1. The van der Waals surface area contributed by atoms with Crippen molar-refractivity contribution in [2.75, 3.05) is 0 Å². The minimum Gasteiger partial charge on any atom is -0.477 e. The van der Waals surface area contributed by atoms with E-state index in [2.05, 4.69) is 0 Å². The van der Waals surface area contributed by atoms with Crippen molar-refractivity contribution in [3.8, 4) is 0 Å². The number of allylic oxidation sites excluding steroid dienone is 2. The van der Waals surface area contributed by atoms with E-state index in [4.69, 9.17) is 5.11 Å². The third-order valence-corrected chi connectivity index (χ3v) is 2.60. The zero-order valence-corrected chi connectivity index (χ0v) is 9.45. The van der Waals surface area contributed by atoms with Gasteiger partial charge in [0.1, 0.15) is 5.69 Å². The summed E-state index contributed by atoms with van der Waals surface area (Å²) in [5, 5.41) is 9.05. The van der Waals surface area contributed by atoms with Crippen LogP contribution in [0.15, 0.2) is 18.2 Å². The average molecular weight is 207 g/mol. The SMILES string of the molecule is C/C=C/Cn1c(C(=O)O)cc(CC)c1C. The Morgan fingerprint density at radius 3 is 2.73 bits per heavy atom. The molecule has 0 saturated heterocycles. The molecule has 3 nitrogen and oxygen atoms in total. The van der Waals surface area contributed by atoms with Gasteiger partial charge in [0.15, 0.2) is 0 Å². The third kappa shape index (κ3) is 2.29. The van der Waals surface area contributed by atoms with Gasteiger partial charge in [0.2, 0.25) is 0 Å². The van der Waals surface area contributed by atoms with Crippen molar-refractivity contribution in [2.45, 2.75) is 33.7 Å². The average Bonchev–Trinajstić information content (AvgIpc) is 2.52. The Morgan fingerprint density at radius 2 is 2.27 bits per heavy atom. The van der Waals surface area contributed by atoms with Crippen molar-refractivity contribution in [1.82, 2.24) is 4.57 Å². The van der Waals surface area contributed by atoms with Gasteiger partial charge in [0.25, 0.3) is 0 Å². The Hall–Kier alpha value is -1.51. The predicted octanol–water partition coefficient (Wildman–Crippen LogP) is 2.63. The fourth-order valence-electron chi connectivity index (χ4n) is 1.68.